The molecule has 0 aliphatic heterocycles. The van der Waals surface area contributed by atoms with E-state index in [0.717, 1.165) is 0 Å². The Labute approximate surface area is 169 Å². The molecule has 0 saturated heterocycles. The quantitative estimate of drug-likeness (QED) is 0.217. The van der Waals surface area contributed by atoms with Crippen LogP contribution in [0, 0.1) is 0 Å². The van der Waals surface area contributed by atoms with Gasteiger partial charge < -0.3 is 0 Å². The topological polar surface area (TPSA) is 0 Å². The lowest BCUT2D eigenvalue weighted by molar-refractivity contribution is -0.396. The third-order valence-electron chi connectivity index (χ3n) is 3.34. The molecule has 0 aromatic heterocycles. The van der Waals surface area contributed by atoms with Crippen LogP contribution in [0.15, 0.2) is 10.6 Å². The van der Waals surface area contributed by atoms with Gasteiger partial charge in [-0.2, -0.15) is 57.1 Å². The zero-order valence-corrected chi connectivity index (χ0v) is 15.2. The van der Waals surface area contributed by atoms with E-state index in [1.807, 2.05) is 0 Å². The van der Waals surface area contributed by atoms with Gasteiger partial charge in [-0.1, -0.05) is 23.2 Å². The Kier molecular flexibility index (Phi) is 7.98. The first-order chi connectivity index (χ1) is 12.8. The summed E-state index contributed by atoms with van der Waals surface area (Å²) in [6.07, 6.45) is -19.2. The molecule has 0 aliphatic carbocycles. The van der Waals surface area contributed by atoms with Crippen molar-refractivity contribution in [3.05, 3.63) is 10.6 Å². The Morgan fingerprint density at radius 1 is 0.667 bits per heavy atom. The fraction of sp³-hybridized carbons (Fsp3) is 0.818. The summed E-state index contributed by atoms with van der Waals surface area (Å²) in [4.78, 5) is 0. The maximum absolute atomic E-state index is 13.9. The van der Waals surface area contributed by atoms with E-state index in [4.69, 9.17) is 0 Å². The van der Waals surface area contributed by atoms with Crippen molar-refractivity contribution in [2.75, 3.05) is 0 Å². The van der Waals surface area contributed by atoms with Gasteiger partial charge in [0, 0.05) is 5.54 Å². The predicted molar refractivity (Wildman–Crippen MR) is 70.1 cm³/mol. The second-order valence-corrected chi connectivity index (χ2v) is 6.46. The second kappa shape index (κ2) is 8.12. The second-order valence-electron chi connectivity index (χ2n) is 5.33. The van der Waals surface area contributed by atoms with Crippen LogP contribution < -0.4 is 0 Å². The zero-order valence-electron chi connectivity index (χ0n) is 12.9. The lowest BCUT2D eigenvalue weighted by Crippen LogP contribution is -2.72. The molecule has 0 saturated carbocycles. The number of halogens is 19. The van der Waals surface area contributed by atoms with Gasteiger partial charge in [0.25, 0.3) is 0 Å². The molecule has 0 heterocycles. The van der Waals surface area contributed by atoms with E-state index >= 15 is 0 Å². The summed E-state index contributed by atoms with van der Waals surface area (Å²) < 4.78 is 210. The molecule has 0 aromatic rings. The Bertz CT molecular complexity index is 650. The van der Waals surface area contributed by atoms with Crippen LogP contribution in [0.2, 0.25) is 0 Å². The summed E-state index contributed by atoms with van der Waals surface area (Å²) in [7, 11) is 0. The zero-order chi connectivity index (χ0) is 24.9. The van der Waals surface area contributed by atoms with Crippen LogP contribution in [-0.4, -0.2) is 53.3 Å². The molecule has 0 aliphatic rings. The normalized spacial score (nSPS) is 20.0. The Hall–Kier alpha value is -0.510. The number of hydrogen-bond donors (Lipinski definition) is 0. The van der Waals surface area contributed by atoms with E-state index in [9.17, 15) is 70.2 Å². The van der Waals surface area contributed by atoms with E-state index in [0.29, 0.717) is 0 Å². The lowest BCUT2D eigenvalue weighted by atomic mass is 9.85. The molecule has 0 bridgehead atoms. The van der Waals surface area contributed by atoms with Crippen LogP contribution in [0.1, 0.15) is 0 Å². The largest absolute Gasteiger partial charge is 0.434 e. The Morgan fingerprint density at radius 2 is 1.03 bits per heavy atom. The summed E-state index contributed by atoms with van der Waals surface area (Å²) in [5, 5.41) is -9.07. The van der Waals surface area contributed by atoms with Crippen molar-refractivity contribution < 1.29 is 70.2 Å². The molecular formula is C11H3Cl3F16. The van der Waals surface area contributed by atoms with Crippen molar-refractivity contribution in [3.8, 4) is 0 Å². The molecule has 0 amide bonds. The highest BCUT2D eigenvalue weighted by Crippen LogP contribution is 2.62. The summed E-state index contributed by atoms with van der Waals surface area (Å²) in [5.41, 5.74) is -8.01. The van der Waals surface area contributed by atoms with Crippen LogP contribution in [-0.2, 0) is 0 Å². The van der Waals surface area contributed by atoms with E-state index in [-0.39, 0.29) is 0 Å². The molecule has 180 valence electrons. The number of hydrogen-bond acceptors (Lipinski definition) is 0. The van der Waals surface area contributed by atoms with Crippen molar-refractivity contribution in [3.63, 3.8) is 0 Å². The van der Waals surface area contributed by atoms with Crippen LogP contribution in [0.4, 0.5) is 70.2 Å². The van der Waals surface area contributed by atoms with Crippen LogP contribution in [0.25, 0.3) is 0 Å². The van der Waals surface area contributed by atoms with E-state index < -0.39 is 63.8 Å². The lowest BCUT2D eigenvalue weighted by Gasteiger charge is -2.42. The summed E-state index contributed by atoms with van der Waals surface area (Å²) in [6, 6.07) is 0. The monoisotopic (exact) mass is 544 g/mol. The highest BCUT2D eigenvalue weighted by atomic mass is 35.5. The number of allylic oxidation sites excluding steroid dienone is 1. The average molecular weight is 545 g/mol. The molecule has 0 rings (SSSR count). The highest BCUT2D eigenvalue weighted by Gasteiger charge is 2.89. The third kappa shape index (κ3) is 4.24. The van der Waals surface area contributed by atoms with E-state index in [1.54, 1.807) is 0 Å². The molecule has 0 spiro atoms. The van der Waals surface area contributed by atoms with E-state index in [2.05, 4.69) is 34.8 Å². The number of rotatable bonds is 8. The maximum Gasteiger partial charge on any atom is 0.434 e. The first kappa shape index (κ1) is 29.5. The van der Waals surface area contributed by atoms with Crippen LogP contribution in [0.5, 0.6) is 0 Å². The fourth-order valence-electron chi connectivity index (χ4n) is 1.71. The molecule has 3 atom stereocenters. The van der Waals surface area contributed by atoms with Crippen molar-refractivity contribution in [2.24, 2.45) is 0 Å². The minimum atomic E-state index is -8.10. The average Bonchev–Trinajstić information content (AvgIpc) is 2.56. The summed E-state index contributed by atoms with van der Waals surface area (Å²) in [5.74, 6) is -30.8. The minimum Gasteiger partial charge on any atom is -0.234 e. The van der Waals surface area contributed by atoms with Crippen LogP contribution in [0.3, 0.4) is 0 Å². The van der Waals surface area contributed by atoms with E-state index in [1.165, 1.54) is 0 Å². The summed E-state index contributed by atoms with van der Waals surface area (Å²) >= 11 is 12.4. The molecule has 0 fully saturated rings. The minimum absolute atomic E-state index is 0.982. The van der Waals surface area contributed by atoms with Gasteiger partial charge in [-0.05, 0) is 11.6 Å². The standard InChI is InChI=1S/C11H3Cl3F16/c12-1-2(13)6(19,11(28,29)30)9(24,25)10(26,27)7(20,21)3(15)5(17,18)4(16)8(14,22)23/h1,3-4H. The molecule has 30 heavy (non-hydrogen) atoms. The van der Waals surface area contributed by atoms with Crippen molar-refractivity contribution in [2.45, 2.75) is 53.3 Å². The Morgan fingerprint density at radius 3 is 1.30 bits per heavy atom. The molecule has 0 radical (unpaired) electrons. The first-order valence-electron chi connectivity index (χ1n) is 6.37. The molecular weight excluding hydrogens is 542 g/mol. The molecule has 0 aromatic carbocycles. The first-order valence-corrected chi connectivity index (χ1v) is 7.56. The molecule has 19 heteroatoms. The molecule has 3 unspecified atom stereocenters. The van der Waals surface area contributed by atoms with Gasteiger partial charge in [-0.25, -0.2) is 13.2 Å². The molecule has 0 N–H and O–H groups in total. The Balaban J connectivity index is 6.76. The van der Waals surface area contributed by atoms with Crippen molar-refractivity contribution in [1.82, 2.24) is 0 Å². The van der Waals surface area contributed by atoms with Gasteiger partial charge in [0.05, 0.1) is 5.03 Å². The fourth-order valence-corrected chi connectivity index (χ4v) is 2.23. The van der Waals surface area contributed by atoms with Gasteiger partial charge in [0.1, 0.15) is 0 Å². The van der Waals surface area contributed by atoms with Gasteiger partial charge in [-0.3, -0.25) is 0 Å². The smallest absolute Gasteiger partial charge is 0.234 e. The maximum atomic E-state index is 13.9. The third-order valence-corrected chi connectivity index (χ3v) is 4.23. The SMILES string of the molecule is FC(C(F)(F)Cl)C(F)(F)C(F)C(F)(F)C(F)(F)C(F)(F)C(F)(C(Cl)=CCl)C(F)(F)F. The van der Waals surface area contributed by atoms with Gasteiger partial charge in [0.2, 0.25) is 12.3 Å². The summed E-state index contributed by atoms with van der Waals surface area (Å²) in [6.45, 7) is 0. The highest BCUT2D eigenvalue weighted by molar-refractivity contribution is 6.37. The molecule has 0 nitrogen and oxygen atoms in total. The predicted octanol–water partition coefficient (Wildman–Crippen LogP) is 7.63. The van der Waals surface area contributed by atoms with Gasteiger partial charge in [0.15, 0.2) is 0 Å². The van der Waals surface area contributed by atoms with Crippen molar-refractivity contribution in [1.29, 1.82) is 0 Å². The van der Waals surface area contributed by atoms with Crippen molar-refractivity contribution >= 4 is 34.8 Å². The number of alkyl halides is 17. The van der Waals surface area contributed by atoms with Gasteiger partial charge in [-0.15, -0.1) is 0 Å². The van der Waals surface area contributed by atoms with Gasteiger partial charge >= 0.3 is 40.9 Å². The van der Waals surface area contributed by atoms with Crippen LogP contribution >= 0.6 is 34.8 Å².